The number of halogens is 1. The van der Waals surface area contributed by atoms with Gasteiger partial charge in [0.1, 0.15) is 11.4 Å². The van der Waals surface area contributed by atoms with E-state index in [0.717, 1.165) is 3.57 Å². The van der Waals surface area contributed by atoms with Gasteiger partial charge in [0.25, 0.3) is 0 Å². The minimum Gasteiger partial charge on any atom is -0.485 e. The molecule has 15 heavy (non-hydrogen) atoms. The summed E-state index contributed by atoms with van der Waals surface area (Å²) in [6.07, 6.45) is 0.379. The van der Waals surface area contributed by atoms with Gasteiger partial charge in [0, 0.05) is 5.69 Å². The van der Waals surface area contributed by atoms with Gasteiger partial charge in [-0.15, -0.1) is 0 Å². The molecule has 1 aromatic rings. The summed E-state index contributed by atoms with van der Waals surface area (Å²) in [7, 11) is 0. The van der Waals surface area contributed by atoms with E-state index in [-0.39, 0.29) is 5.78 Å². The van der Waals surface area contributed by atoms with Crippen LogP contribution in [0.25, 0.3) is 0 Å². The average Bonchev–Trinajstić information content (AvgIpc) is 2.09. The molecular weight excluding hydrogens is 305 g/mol. The molecule has 80 valence electrons. The van der Waals surface area contributed by atoms with Crippen molar-refractivity contribution in [3.63, 3.8) is 0 Å². The van der Waals surface area contributed by atoms with E-state index in [1.54, 1.807) is 6.07 Å². The lowest BCUT2D eigenvalue weighted by Crippen LogP contribution is -2.36. The number of ketones is 1. The number of rotatable bonds is 0. The number of nitrogen functional groups attached to an aromatic ring is 1. The summed E-state index contributed by atoms with van der Waals surface area (Å²) in [4.78, 5) is 11.9. The van der Waals surface area contributed by atoms with Crippen LogP contribution in [-0.2, 0) is 0 Å². The third kappa shape index (κ3) is 1.82. The molecule has 0 fully saturated rings. The zero-order chi connectivity index (χ0) is 11.2. The number of nitrogens with two attached hydrogens (primary N) is 1. The number of fused-ring (bicyclic) bond motifs is 1. The lowest BCUT2D eigenvalue weighted by molar-refractivity contribution is 0.0617. The van der Waals surface area contributed by atoms with Crippen molar-refractivity contribution in [2.24, 2.45) is 0 Å². The number of carbonyl (C=O) groups is 1. The number of hydrogen-bond donors (Lipinski definition) is 1. The highest BCUT2D eigenvalue weighted by Gasteiger charge is 2.34. The van der Waals surface area contributed by atoms with Gasteiger partial charge < -0.3 is 10.5 Å². The fourth-order valence-electron chi connectivity index (χ4n) is 1.75. The van der Waals surface area contributed by atoms with Crippen LogP contribution in [0.5, 0.6) is 5.75 Å². The second kappa shape index (κ2) is 3.37. The first kappa shape index (κ1) is 10.7. The molecule has 0 atom stereocenters. The first-order valence-electron chi connectivity index (χ1n) is 4.71. The molecule has 1 aliphatic rings. The van der Waals surface area contributed by atoms with Crippen LogP contribution in [0, 0.1) is 3.57 Å². The molecule has 1 heterocycles. The second-order valence-corrected chi connectivity index (χ2v) is 5.46. The zero-order valence-electron chi connectivity index (χ0n) is 8.63. The number of ether oxygens (including phenoxy) is 1. The predicted molar refractivity (Wildman–Crippen MR) is 67.2 cm³/mol. The minimum atomic E-state index is -0.433. The summed E-state index contributed by atoms with van der Waals surface area (Å²) in [5, 5.41) is 0. The molecule has 1 aliphatic heterocycles. The van der Waals surface area contributed by atoms with Crippen molar-refractivity contribution in [2.45, 2.75) is 25.9 Å². The Kier molecular flexibility index (Phi) is 2.41. The maximum atomic E-state index is 11.9. The Hall–Kier alpha value is -0.780. The minimum absolute atomic E-state index is 0.0669. The van der Waals surface area contributed by atoms with Crippen molar-refractivity contribution in [1.29, 1.82) is 0 Å². The van der Waals surface area contributed by atoms with E-state index in [1.807, 2.05) is 19.9 Å². The monoisotopic (exact) mass is 317 g/mol. The molecule has 0 radical (unpaired) electrons. The van der Waals surface area contributed by atoms with E-state index < -0.39 is 5.60 Å². The Morgan fingerprint density at radius 2 is 2.13 bits per heavy atom. The van der Waals surface area contributed by atoms with E-state index in [1.165, 1.54) is 0 Å². The quantitative estimate of drug-likeness (QED) is 0.591. The average molecular weight is 317 g/mol. The van der Waals surface area contributed by atoms with Crippen molar-refractivity contribution in [3.05, 3.63) is 21.3 Å². The van der Waals surface area contributed by atoms with Crippen LogP contribution in [0.3, 0.4) is 0 Å². The Balaban J connectivity index is 2.64. The first-order valence-corrected chi connectivity index (χ1v) is 5.79. The Morgan fingerprint density at radius 1 is 1.47 bits per heavy atom. The Morgan fingerprint density at radius 3 is 2.80 bits per heavy atom. The van der Waals surface area contributed by atoms with Gasteiger partial charge in [-0.05, 0) is 48.6 Å². The van der Waals surface area contributed by atoms with E-state index in [4.69, 9.17) is 10.5 Å². The van der Waals surface area contributed by atoms with Gasteiger partial charge in [-0.3, -0.25) is 4.79 Å². The highest BCUT2D eigenvalue weighted by atomic mass is 127. The SMILES string of the molecule is CC1(C)CC(=O)c2c(N)ccc(I)c2O1. The fraction of sp³-hybridized carbons (Fsp3) is 0.364. The van der Waals surface area contributed by atoms with Crippen molar-refractivity contribution in [1.82, 2.24) is 0 Å². The molecule has 2 rings (SSSR count). The standard InChI is InChI=1S/C11H12INO2/c1-11(2)5-8(14)9-7(13)4-3-6(12)10(9)15-11/h3-4H,5,13H2,1-2H3. The van der Waals surface area contributed by atoms with E-state index in [9.17, 15) is 4.79 Å². The van der Waals surface area contributed by atoms with Gasteiger partial charge in [-0.1, -0.05) is 0 Å². The molecule has 2 N–H and O–H groups in total. The van der Waals surface area contributed by atoms with E-state index in [2.05, 4.69) is 22.6 Å². The molecule has 0 unspecified atom stereocenters. The van der Waals surface area contributed by atoms with Crippen LogP contribution in [0.1, 0.15) is 30.6 Å². The molecule has 4 heteroatoms. The van der Waals surface area contributed by atoms with Crippen molar-refractivity contribution in [2.75, 3.05) is 5.73 Å². The molecule has 3 nitrogen and oxygen atoms in total. The summed E-state index contributed by atoms with van der Waals surface area (Å²) in [5.41, 5.74) is 6.40. The van der Waals surface area contributed by atoms with Gasteiger partial charge >= 0.3 is 0 Å². The molecule has 1 aromatic carbocycles. The summed E-state index contributed by atoms with van der Waals surface area (Å²) in [5.74, 6) is 0.703. The van der Waals surface area contributed by atoms with E-state index in [0.29, 0.717) is 23.4 Å². The molecule has 0 bridgehead atoms. The molecule has 0 saturated carbocycles. The third-order valence-corrected chi connectivity index (χ3v) is 3.23. The zero-order valence-corrected chi connectivity index (χ0v) is 10.8. The summed E-state index contributed by atoms with van der Waals surface area (Å²) >= 11 is 2.15. The fourth-order valence-corrected chi connectivity index (χ4v) is 2.31. The van der Waals surface area contributed by atoms with Gasteiger partial charge in [-0.25, -0.2) is 0 Å². The van der Waals surface area contributed by atoms with Crippen LogP contribution in [0.4, 0.5) is 5.69 Å². The highest BCUT2D eigenvalue weighted by Crippen LogP contribution is 2.39. The normalized spacial score (nSPS) is 18.2. The van der Waals surface area contributed by atoms with Crippen LogP contribution in [0.2, 0.25) is 0 Å². The number of anilines is 1. The highest BCUT2D eigenvalue weighted by molar-refractivity contribution is 14.1. The predicted octanol–water partition coefficient (Wildman–Crippen LogP) is 2.62. The third-order valence-electron chi connectivity index (χ3n) is 2.39. The van der Waals surface area contributed by atoms with Gasteiger partial charge in [0.2, 0.25) is 0 Å². The van der Waals surface area contributed by atoms with Crippen LogP contribution in [0.15, 0.2) is 12.1 Å². The van der Waals surface area contributed by atoms with E-state index >= 15 is 0 Å². The molecular formula is C11H12INO2. The maximum Gasteiger partial charge on any atom is 0.172 e. The van der Waals surface area contributed by atoms with Crippen molar-refractivity contribution >= 4 is 34.1 Å². The van der Waals surface area contributed by atoms with Crippen LogP contribution >= 0.6 is 22.6 Å². The lowest BCUT2D eigenvalue weighted by atomic mass is 9.92. The largest absolute Gasteiger partial charge is 0.485 e. The van der Waals surface area contributed by atoms with Gasteiger partial charge in [0.05, 0.1) is 15.6 Å². The Labute approximate surface area is 102 Å². The smallest absolute Gasteiger partial charge is 0.172 e. The number of hydrogen-bond acceptors (Lipinski definition) is 3. The second-order valence-electron chi connectivity index (χ2n) is 4.30. The van der Waals surface area contributed by atoms with Crippen LogP contribution in [-0.4, -0.2) is 11.4 Å². The van der Waals surface area contributed by atoms with Gasteiger partial charge in [-0.2, -0.15) is 0 Å². The topological polar surface area (TPSA) is 52.3 Å². The first-order chi connectivity index (χ1) is 6.91. The molecule has 0 spiro atoms. The number of Topliss-reactive ketones (excluding diaryl/α,β-unsaturated/α-hetero) is 1. The molecule has 0 aromatic heterocycles. The Bertz CT molecular complexity index is 440. The van der Waals surface area contributed by atoms with Crippen molar-refractivity contribution < 1.29 is 9.53 Å². The van der Waals surface area contributed by atoms with Crippen molar-refractivity contribution in [3.8, 4) is 5.75 Å². The molecule has 0 saturated heterocycles. The summed E-state index contributed by atoms with van der Waals surface area (Å²) < 4.78 is 6.72. The van der Waals surface area contributed by atoms with Gasteiger partial charge in [0.15, 0.2) is 5.78 Å². The lowest BCUT2D eigenvalue weighted by Gasteiger charge is -2.32. The number of benzene rings is 1. The molecule has 0 amide bonds. The maximum absolute atomic E-state index is 11.9. The summed E-state index contributed by atoms with van der Waals surface area (Å²) in [6, 6.07) is 3.61. The van der Waals surface area contributed by atoms with Crippen LogP contribution < -0.4 is 10.5 Å². The number of carbonyl (C=O) groups excluding carboxylic acids is 1. The summed E-state index contributed by atoms with van der Waals surface area (Å²) in [6.45, 7) is 3.82. The molecule has 0 aliphatic carbocycles.